The lowest BCUT2D eigenvalue weighted by Gasteiger charge is -2.10. The molecule has 0 aliphatic heterocycles. The summed E-state index contributed by atoms with van der Waals surface area (Å²) < 4.78 is 67.6. The van der Waals surface area contributed by atoms with E-state index < -0.39 is 40.6 Å². The molecule has 10 heteroatoms. The lowest BCUT2D eigenvalue weighted by molar-refractivity contribution is 0.101. The van der Waals surface area contributed by atoms with Gasteiger partial charge in [0, 0.05) is 11.3 Å². The van der Waals surface area contributed by atoms with Crippen molar-refractivity contribution in [1.82, 2.24) is 9.97 Å². The molecule has 0 radical (unpaired) electrons. The van der Waals surface area contributed by atoms with E-state index in [0.29, 0.717) is 16.9 Å². The van der Waals surface area contributed by atoms with Gasteiger partial charge in [-0.2, -0.15) is 0 Å². The van der Waals surface area contributed by atoms with Gasteiger partial charge in [-0.05, 0) is 30.3 Å². The quantitative estimate of drug-likeness (QED) is 0.241. The monoisotopic (exact) mass is 437 g/mol. The topological polar surface area (TPSA) is 57.8 Å². The number of nitrogens with zero attached hydrogens (tertiary/aromatic N) is 1. The first kappa shape index (κ1) is 19.8. The van der Waals surface area contributed by atoms with Crippen molar-refractivity contribution in [2.45, 2.75) is 0 Å². The number of hydrogen-bond donors (Lipinski definition) is 2. The fourth-order valence-electron chi connectivity index (χ4n) is 2.86. The third-order valence-corrected chi connectivity index (χ3v) is 4.64. The lowest BCUT2D eigenvalue weighted by Crippen LogP contribution is -2.19. The summed E-state index contributed by atoms with van der Waals surface area (Å²) in [5, 5.41) is 2.36. The highest BCUT2D eigenvalue weighted by Crippen LogP contribution is 2.31. The van der Waals surface area contributed by atoms with Gasteiger partial charge in [-0.15, -0.1) is 0 Å². The van der Waals surface area contributed by atoms with Gasteiger partial charge in [-0.25, -0.2) is 26.9 Å². The van der Waals surface area contributed by atoms with E-state index in [4.69, 9.17) is 11.6 Å². The van der Waals surface area contributed by atoms with Crippen molar-refractivity contribution in [1.29, 1.82) is 0 Å². The molecule has 0 aliphatic rings. The number of imidazole rings is 1. The molecule has 4 nitrogen and oxygen atoms in total. The zero-order chi connectivity index (χ0) is 21.6. The minimum Gasteiger partial charge on any atom is -0.338 e. The number of aromatic amines is 1. The zero-order valence-corrected chi connectivity index (χ0v) is 15.4. The first-order valence-corrected chi connectivity index (χ1v) is 8.73. The zero-order valence-electron chi connectivity index (χ0n) is 14.7. The third kappa shape index (κ3) is 3.26. The van der Waals surface area contributed by atoms with Gasteiger partial charge in [-0.3, -0.25) is 4.79 Å². The van der Waals surface area contributed by atoms with Crippen LogP contribution in [0.5, 0.6) is 0 Å². The van der Waals surface area contributed by atoms with Crippen molar-refractivity contribution >= 4 is 34.2 Å². The van der Waals surface area contributed by atoms with Crippen LogP contribution in [0.2, 0.25) is 5.02 Å². The van der Waals surface area contributed by atoms with Crippen LogP contribution in [0.4, 0.5) is 27.6 Å². The molecule has 0 saturated heterocycles. The van der Waals surface area contributed by atoms with Crippen LogP contribution in [0.15, 0.2) is 42.5 Å². The molecule has 152 valence electrons. The standard InChI is InChI=1S/C20H9ClF5N3O/c21-10-6-5-8(7-9(10)19-28-11-3-1-2-4-12(11)29-19)27-20(30)13-14(22)16(24)18(26)17(25)15(13)23/h1-7H,(H,27,30)(H,28,29). The first-order chi connectivity index (χ1) is 14.3. The van der Waals surface area contributed by atoms with E-state index in [1.165, 1.54) is 18.2 Å². The maximum Gasteiger partial charge on any atom is 0.261 e. The Hall–Kier alpha value is -3.46. The lowest BCUT2D eigenvalue weighted by atomic mass is 10.1. The molecule has 0 fully saturated rings. The second-order valence-corrected chi connectivity index (χ2v) is 6.60. The number of carbonyl (C=O) groups is 1. The summed E-state index contributed by atoms with van der Waals surface area (Å²) in [6.45, 7) is 0. The molecule has 1 aromatic heterocycles. The van der Waals surface area contributed by atoms with E-state index in [9.17, 15) is 26.7 Å². The third-order valence-electron chi connectivity index (χ3n) is 4.31. The van der Waals surface area contributed by atoms with Crippen molar-refractivity contribution in [3.63, 3.8) is 0 Å². The van der Waals surface area contributed by atoms with Gasteiger partial charge in [0.15, 0.2) is 23.3 Å². The Morgan fingerprint density at radius 2 is 1.53 bits per heavy atom. The Labute approximate surface area is 170 Å². The molecule has 30 heavy (non-hydrogen) atoms. The van der Waals surface area contributed by atoms with E-state index in [1.807, 2.05) is 0 Å². The molecule has 0 saturated carbocycles. The van der Waals surface area contributed by atoms with Crippen LogP contribution in [0.1, 0.15) is 10.4 Å². The van der Waals surface area contributed by atoms with Crippen LogP contribution in [0.3, 0.4) is 0 Å². The van der Waals surface area contributed by atoms with E-state index >= 15 is 0 Å². The first-order valence-electron chi connectivity index (χ1n) is 8.35. The Morgan fingerprint density at radius 1 is 0.900 bits per heavy atom. The highest BCUT2D eigenvalue weighted by molar-refractivity contribution is 6.33. The molecule has 0 unspecified atom stereocenters. The van der Waals surface area contributed by atoms with E-state index in [1.54, 1.807) is 24.3 Å². The molecule has 3 aromatic carbocycles. The number of anilines is 1. The number of rotatable bonds is 3. The van der Waals surface area contributed by atoms with Gasteiger partial charge < -0.3 is 10.3 Å². The highest BCUT2D eigenvalue weighted by atomic mass is 35.5. The largest absolute Gasteiger partial charge is 0.338 e. The average molecular weight is 438 g/mol. The number of nitrogens with one attached hydrogen (secondary N) is 2. The smallest absolute Gasteiger partial charge is 0.261 e. The predicted molar refractivity (Wildman–Crippen MR) is 101 cm³/mol. The van der Waals surface area contributed by atoms with E-state index in [-0.39, 0.29) is 10.7 Å². The molecule has 0 aliphatic carbocycles. The van der Waals surface area contributed by atoms with Crippen LogP contribution in [0.25, 0.3) is 22.4 Å². The molecular formula is C20H9ClF5N3O. The number of carbonyl (C=O) groups excluding carboxylic acids is 1. The number of halogens is 6. The number of aromatic nitrogens is 2. The maximum atomic E-state index is 13.9. The van der Waals surface area contributed by atoms with E-state index in [2.05, 4.69) is 15.3 Å². The second-order valence-electron chi connectivity index (χ2n) is 6.20. The van der Waals surface area contributed by atoms with Crippen molar-refractivity contribution in [2.24, 2.45) is 0 Å². The van der Waals surface area contributed by atoms with Crippen LogP contribution in [-0.2, 0) is 0 Å². The Morgan fingerprint density at radius 3 is 2.20 bits per heavy atom. The minimum atomic E-state index is -2.35. The normalized spacial score (nSPS) is 11.1. The number of amides is 1. The van der Waals surface area contributed by atoms with Crippen molar-refractivity contribution < 1.29 is 26.7 Å². The van der Waals surface area contributed by atoms with Crippen molar-refractivity contribution in [3.8, 4) is 11.4 Å². The summed E-state index contributed by atoms with van der Waals surface area (Å²) >= 11 is 6.19. The summed E-state index contributed by atoms with van der Waals surface area (Å²) in [5.74, 6) is -12.4. The summed E-state index contributed by atoms with van der Waals surface area (Å²) in [6.07, 6.45) is 0. The highest BCUT2D eigenvalue weighted by Gasteiger charge is 2.29. The van der Waals surface area contributed by atoms with Gasteiger partial charge >= 0.3 is 0 Å². The van der Waals surface area contributed by atoms with Crippen molar-refractivity contribution in [3.05, 3.63) is 82.1 Å². The summed E-state index contributed by atoms with van der Waals surface area (Å²) in [5.41, 5.74) is 0.136. The Kier molecular flexibility index (Phi) is 4.90. The Bertz CT molecular complexity index is 1260. The Balaban J connectivity index is 1.72. The van der Waals surface area contributed by atoms with Gasteiger partial charge in [0.2, 0.25) is 5.82 Å². The number of para-hydroxylation sites is 2. The average Bonchev–Trinajstić information content (AvgIpc) is 3.16. The predicted octanol–water partition coefficient (Wildman–Crippen LogP) is 5.83. The van der Waals surface area contributed by atoms with Crippen molar-refractivity contribution in [2.75, 3.05) is 5.32 Å². The van der Waals surface area contributed by atoms with E-state index in [0.717, 1.165) is 5.52 Å². The molecule has 0 atom stereocenters. The SMILES string of the molecule is O=C(Nc1ccc(Cl)c(-c2nc3ccccc3[nH]2)c1)c1c(F)c(F)c(F)c(F)c1F. The number of H-pyrrole nitrogens is 1. The van der Waals surface area contributed by atoms with Gasteiger partial charge in [-0.1, -0.05) is 23.7 Å². The molecule has 4 aromatic rings. The molecule has 1 heterocycles. The summed E-state index contributed by atoms with van der Waals surface area (Å²) in [6, 6.07) is 11.2. The molecule has 0 spiro atoms. The fraction of sp³-hybridized carbons (Fsp3) is 0. The summed E-state index contributed by atoms with van der Waals surface area (Å²) in [7, 11) is 0. The van der Waals surface area contributed by atoms with Crippen LogP contribution in [0, 0.1) is 29.1 Å². The molecule has 1 amide bonds. The number of hydrogen-bond acceptors (Lipinski definition) is 2. The van der Waals surface area contributed by atoms with Crippen LogP contribution >= 0.6 is 11.6 Å². The second kappa shape index (κ2) is 7.42. The molecular weight excluding hydrogens is 429 g/mol. The molecule has 2 N–H and O–H groups in total. The van der Waals surface area contributed by atoms with Gasteiger partial charge in [0.05, 0.1) is 16.1 Å². The fourth-order valence-corrected chi connectivity index (χ4v) is 3.07. The number of benzene rings is 3. The molecule has 4 rings (SSSR count). The minimum absolute atomic E-state index is 0.00352. The summed E-state index contributed by atoms with van der Waals surface area (Å²) in [4.78, 5) is 19.6. The molecule has 0 bridgehead atoms. The van der Waals surface area contributed by atoms with Crippen LogP contribution < -0.4 is 5.32 Å². The van der Waals surface area contributed by atoms with Crippen LogP contribution in [-0.4, -0.2) is 15.9 Å². The maximum absolute atomic E-state index is 13.9. The van der Waals surface area contributed by atoms with Gasteiger partial charge in [0.1, 0.15) is 11.4 Å². The van der Waals surface area contributed by atoms with Gasteiger partial charge in [0.25, 0.3) is 5.91 Å². The number of fused-ring (bicyclic) bond motifs is 1.